The Morgan fingerprint density at radius 2 is 1.90 bits per heavy atom. The third-order valence-electron chi connectivity index (χ3n) is 5.93. The van der Waals surface area contributed by atoms with Gasteiger partial charge in [0.15, 0.2) is 5.78 Å². The molecule has 2 aromatic carbocycles. The molecule has 1 aliphatic rings. The minimum Gasteiger partial charge on any atom is -0.370 e. The standard InChI is InChI=1S/C26H35N3O2/c1-3-29(24-8-4-6-20(2)18-24)17-16-28-26(31)12-11-25(30)23-10-9-21-7-5-14-27-15-13-22(21)19-23/h4,6,8-10,18-19,27H,3,5,7,11-17H2,1-2H3,(H,28,31). The molecule has 2 N–H and O–H groups in total. The smallest absolute Gasteiger partial charge is 0.220 e. The average molecular weight is 422 g/mol. The van der Waals surface area contributed by atoms with Crippen molar-refractivity contribution in [1.82, 2.24) is 10.6 Å². The fourth-order valence-corrected chi connectivity index (χ4v) is 4.11. The highest BCUT2D eigenvalue weighted by Gasteiger charge is 2.13. The Balaban J connectivity index is 1.45. The lowest BCUT2D eigenvalue weighted by atomic mass is 9.94. The molecule has 31 heavy (non-hydrogen) atoms. The molecular formula is C26H35N3O2. The van der Waals surface area contributed by atoms with E-state index < -0.39 is 0 Å². The van der Waals surface area contributed by atoms with Crippen molar-refractivity contribution in [3.05, 3.63) is 64.7 Å². The third kappa shape index (κ3) is 6.93. The number of likely N-dealkylation sites (N-methyl/N-ethyl adjacent to an activating group) is 1. The molecule has 1 aliphatic heterocycles. The van der Waals surface area contributed by atoms with Crippen LogP contribution in [0.3, 0.4) is 0 Å². The maximum atomic E-state index is 12.6. The number of ketones is 1. The van der Waals surface area contributed by atoms with Gasteiger partial charge >= 0.3 is 0 Å². The van der Waals surface area contributed by atoms with Crippen molar-refractivity contribution < 1.29 is 9.59 Å². The van der Waals surface area contributed by atoms with Crippen LogP contribution < -0.4 is 15.5 Å². The zero-order chi connectivity index (χ0) is 22.1. The Kier molecular flexibility index (Phi) is 8.65. The lowest BCUT2D eigenvalue weighted by Gasteiger charge is -2.23. The molecule has 0 bridgehead atoms. The van der Waals surface area contributed by atoms with E-state index in [-0.39, 0.29) is 24.5 Å². The number of carbonyl (C=O) groups is 2. The number of nitrogens with one attached hydrogen (secondary N) is 2. The Hall–Kier alpha value is -2.66. The molecule has 1 heterocycles. The molecular weight excluding hydrogens is 386 g/mol. The number of amides is 1. The SMILES string of the molecule is CCN(CCNC(=O)CCC(=O)c1ccc2c(c1)CCNCCC2)c1cccc(C)c1. The van der Waals surface area contributed by atoms with Gasteiger partial charge in [0, 0.05) is 43.7 Å². The molecule has 0 atom stereocenters. The number of nitrogens with zero attached hydrogens (tertiary/aromatic N) is 1. The summed E-state index contributed by atoms with van der Waals surface area (Å²) in [4.78, 5) is 27.1. The van der Waals surface area contributed by atoms with Crippen LogP contribution in [0.2, 0.25) is 0 Å². The summed E-state index contributed by atoms with van der Waals surface area (Å²) in [5.41, 5.74) is 5.73. The number of anilines is 1. The summed E-state index contributed by atoms with van der Waals surface area (Å²) >= 11 is 0. The first-order valence-electron chi connectivity index (χ1n) is 11.5. The first-order chi connectivity index (χ1) is 15.1. The monoisotopic (exact) mass is 421 g/mol. The van der Waals surface area contributed by atoms with Gasteiger partial charge in [-0.25, -0.2) is 0 Å². The molecule has 166 valence electrons. The molecule has 0 fully saturated rings. The number of benzene rings is 2. The third-order valence-corrected chi connectivity index (χ3v) is 5.93. The van der Waals surface area contributed by atoms with Gasteiger partial charge in [0.05, 0.1) is 0 Å². The predicted octanol–water partition coefficient (Wildman–Crippen LogP) is 3.68. The number of rotatable bonds is 9. The number of aryl methyl sites for hydroxylation is 2. The van der Waals surface area contributed by atoms with Crippen LogP contribution in [0.15, 0.2) is 42.5 Å². The normalized spacial score (nSPS) is 13.6. The van der Waals surface area contributed by atoms with Crippen molar-refractivity contribution >= 4 is 17.4 Å². The highest BCUT2D eigenvalue weighted by atomic mass is 16.2. The second-order valence-corrected chi connectivity index (χ2v) is 8.28. The Bertz CT molecular complexity index is 894. The van der Waals surface area contributed by atoms with Crippen LogP contribution >= 0.6 is 0 Å². The first-order valence-corrected chi connectivity index (χ1v) is 11.5. The summed E-state index contributed by atoms with van der Waals surface area (Å²) < 4.78 is 0. The molecule has 0 spiro atoms. The van der Waals surface area contributed by atoms with Gasteiger partial charge in [0.1, 0.15) is 0 Å². The van der Waals surface area contributed by atoms with E-state index in [0.717, 1.165) is 51.0 Å². The molecule has 0 radical (unpaired) electrons. The largest absolute Gasteiger partial charge is 0.370 e. The average Bonchev–Trinajstić information content (AvgIpc) is 2.75. The molecule has 3 rings (SSSR count). The zero-order valence-electron chi connectivity index (χ0n) is 18.9. The van der Waals surface area contributed by atoms with Crippen molar-refractivity contribution in [3.63, 3.8) is 0 Å². The molecule has 2 aromatic rings. The fourth-order valence-electron chi connectivity index (χ4n) is 4.11. The predicted molar refractivity (Wildman–Crippen MR) is 127 cm³/mol. The van der Waals surface area contributed by atoms with Crippen molar-refractivity contribution in [1.29, 1.82) is 0 Å². The molecule has 5 nitrogen and oxygen atoms in total. The van der Waals surface area contributed by atoms with Crippen LogP contribution in [0.5, 0.6) is 0 Å². The number of fused-ring (bicyclic) bond motifs is 1. The topological polar surface area (TPSA) is 61.4 Å². The Labute approximate surface area is 186 Å². The fraction of sp³-hybridized carbons (Fsp3) is 0.462. The summed E-state index contributed by atoms with van der Waals surface area (Å²) in [5.74, 6) is -0.0213. The van der Waals surface area contributed by atoms with Crippen LogP contribution in [0.1, 0.15) is 53.2 Å². The number of hydrogen-bond donors (Lipinski definition) is 2. The minimum atomic E-state index is -0.0657. The van der Waals surface area contributed by atoms with E-state index >= 15 is 0 Å². The van der Waals surface area contributed by atoms with Gasteiger partial charge in [0.2, 0.25) is 5.91 Å². The Morgan fingerprint density at radius 1 is 1.03 bits per heavy atom. The van der Waals surface area contributed by atoms with Crippen LogP contribution in [0, 0.1) is 6.92 Å². The first kappa shape index (κ1) is 23.0. The van der Waals surface area contributed by atoms with Crippen molar-refractivity contribution in [2.45, 2.75) is 46.0 Å². The van der Waals surface area contributed by atoms with Crippen LogP contribution in [-0.4, -0.2) is 44.4 Å². The number of carbonyl (C=O) groups excluding carboxylic acids is 2. The maximum absolute atomic E-state index is 12.6. The van der Waals surface area contributed by atoms with Crippen LogP contribution in [0.25, 0.3) is 0 Å². The van der Waals surface area contributed by atoms with Crippen molar-refractivity contribution in [2.75, 3.05) is 37.6 Å². The van der Waals surface area contributed by atoms with Gasteiger partial charge in [-0.2, -0.15) is 0 Å². The van der Waals surface area contributed by atoms with E-state index in [1.165, 1.54) is 22.4 Å². The summed E-state index contributed by atoms with van der Waals surface area (Å²) in [7, 11) is 0. The van der Waals surface area contributed by atoms with Crippen molar-refractivity contribution in [3.8, 4) is 0 Å². The number of Topliss-reactive ketones (excluding diaryl/α,β-unsaturated/α-hetero) is 1. The highest BCUT2D eigenvalue weighted by Crippen LogP contribution is 2.18. The van der Waals surface area contributed by atoms with E-state index in [2.05, 4.69) is 59.7 Å². The second kappa shape index (κ2) is 11.7. The molecule has 0 aliphatic carbocycles. The molecule has 5 heteroatoms. The van der Waals surface area contributed by atoms with Crippen LogP contribution in [0.4, 0.5) is 5.69 Å². The summed E-state index contributed by atoms with van der Waals surface area (Å²) in [6, 6.07) is 14.4. The van der Waals surface area contributed by atoms with Gasteiger partial charge in [-0.1, -0.05) is 24.3 Å². The van der Waals surface area contributed by atoms with E-state index in [1.807, 2.05) is 12.1 Å². The summed E-state index contributed by atoms with van der Waals surface area (Å²) in [6.45, 7) is 8.39. The maximum Gasteiger partial charge on any atom is 0.220 e. The molecule has 0 aromatic heterocycles. The van der Waals surface area contributed by atoms with E-state index in [0.29, 0.717) is 6.54 Å². The Morgan fingerprint density at radius 3 is 2.71 bits per heavy atom. The number of hydrogen-bond acceptors (Lipinski definition) is 4. The van der Waals surface area contributed by atoms with Gasteiger partial charge < -0.3 is 15.5 Å². The molecule has 1 amide bonds. The summed E-state index contributed by atoms with van der Waals surface area (Å²) in [6.07, 6.45) is 3.61. The lowest BCUT2D eigenvalue weighted by Crippen LogP contribution is -2.35. The van der Waals surface area contributed by atoms with Crippen molar-refractivity contribution in [2.24, 2.45) is 0 Å². The van der Waals surface area contributed by atoms with E-state index in [1.54, 1.807) is 0 Å². The van der Waals surface area contributed by atoms with E-state index in [4.69, 9.17) is 0 Å². The van der Waals surface area contributed by atoms with Gasteiger partial charge in [-0.05, 0) is 81.1 Å². The minimum absolute atomic E-state index is 0.0444. The molecule has 0 saturated heterocycles. The lowest BCUT2D eigenvalue weighted by molar-refractivity contribution is -0.121. The highest BCUT2D eigenvalue weighted by molar-refractivity contribution is 5.98. The summed E-state index contributed by atoms with van der Waals surface area (Å²) in [5, 5.41) is 6.38. The molecule has 0 unspecified atom stereocenters. The second-order valence-electron chi connectivity index (χ2n) is 8.28. The quantitative estimate of drug-likeness (QED) is 0.607. The zero-order valence-corrected chi connectivity index (χ0v) is 18.9. The van der Waals surface area contributed by atoms with Gasteiger partial charge in [0.25, 0.3) is 0 Å². The van der Waals surface area contributed by atoms with Crippen LogP contribution in [-0.2, 0) is 17.6 Å². The molecule has 0 saturated carbocycles. The van der Waals surface area contributed by atoms with E-state index in [9.17, 15) is 9.59 Å². The van der Waals surface area contributed by atoms with Gasteiger partial charge in [-0.15, -0.1) is 0 Å². The van der Waals surface area contributed by atoms with Gasteiger partial charge in [-0.3, -0.25) is 9.59 Å².